The second-order valence-electron chi connectivity index (χ2n) is 8.33. The van der Waals surface area contributed by atoms with Crippen LogP contribution in [0.3, 0.4) is 0 Å². The zero-order chi connectivity index (χ0) is 22.8. The van der Waals surface area contributed by atoms with Gasteiger partial charge in [0.05, 0.1) is 5.92 Å². The Labute approximate surface area is 178 Å². The van der Waals surface area contributed by atoms with Gasteiger partial charge in [-0.15, -0.1) is 0 Å². The molecule has 1 unspecified atom stereocenters. The van der Waals surface area contributed by atoms with Crippen LogP contribution >= 0.6 is 0 Å². The molecule has 1 atom stereocenters. The molecule has 1 aliphatic rings. The van der Waals surface area contributed by atoms with Gasteiger partial charge in [-0.3, -0.25) is 0 Å². The first-order valence-corrected chi connectivity index (χ1v) is 10.6. The molecular formula is C24H26F6O. The van der Waals surface area contributed by atoms with Gasteiger partial charge in [0.2, 0.25) is 0 Å². The average Bonchev–Trinajstić information content (AvgIpc) is 2.71. The summed E-state index contributed by atoms with van der Waals surface area (Å²) in [5, 5.41) is 0. The minimum atomic E-state index is -4.77. The van der Waals surface area contributed by atoms with Crippen LogP contribution in [0.15, 0.2) is 30.3 Å². The Kier molecular flexibility index (Phi) is 7.22. The molecule has 0 spiro atoms. The van der Waals surface area contributed by atoms with Crippen LogP contribution in [0.1, 0.15) is 74.5 Å². The summed E-state index contributed by atoms with van der Waals surface area (Å²) in [4.78, 5) is 0. The Morgan fingerprint density at radius 1 is 0.935 bits per heavy atom. The Bertz CT molecular complexity index is 876. The molecular weight excluding hydrogens is 418 g/mol. The van der Waals surface area contributed by atoms with E-state index in [-0.39, 0.29) is 17.9 Å². The van der Waals surface area contributed by atoms with Crippen LogP contribution < -0.4 is 4.74 Å². The molecule has 0 heterocycles. The van der Waals surface area contributed by atoms with Crippen LogP contribution in [0.5, 0.6) is 5.75 Å². The van der Waals surface area contributed by atoms with Gasteiger partial charge < -0.3 is 4.74 Å². The first-order valence-electron chi connectivity index (χ1n) is 10.6. The lowest BCUT2D eigenvalue weighted by molar-refractivity contribution is -0.147. The molecule has 0 aromatic heterocycles. The van der Waals surface area contributed by atoms with Gasteiger partial charge in [0, 0.05) is 23.3 Å². The van der Waals surface area contributed by atoms with Gasteiger partial charge >= 0.3 is 6.18 Å². The summed E-state index contributed by atoms with van der Waals surface area (Å²) in [7, 11) is 0. The summed E-state index contributed by atoms with van der Waals surface area (Å²) in [5.41, 5.74) is 0.0751. The van der Waals surface area contributed by atoms with Crippen molar-refractivity contribution >= 4 is 0 Å². The monoisotopic (exact) mass is 444 g/mol. The van der Waals surface area contributed by atoms with E-state index in [0.717, 1.165) is 43.6 Å². The van der Waals surface area contributed by atoms with Crippen molar-refractivity contribution in [2.75, 3.05) is 0 Å². The summed E-state index contributed by atoms with van der Waals surface area (Å²) >= 11 is 0. The molecule has 0 amide bonds. The lowest BCUT2D eigenvalue weighted by Crippen LogP contribution is -2.20. The van der Waals surface area contributed by atoms with E-state index in [2.05, 4.69) is 6.92 Å². The number of ether oxygens (including phenoxy) is 1. The van der Waals surface area contributed by atoms with Gasteiger partial charge in [-0.1, -0.05) is 25.5 Å². The molecule has 2 aromatic carbocycles. The zero-order valence-corrected chi connectivity index (χ0v) is 17.5. The fraction of sp³-hybridized carbons (Fsp3) is 0.500. The minimum Gasteiger partial charge on any atom is -0.489 e. The maximum atomic E-state index is 14.6. The lowest BCUT2D eigenvalue weighted by Gasteiger charge is -2.28. The minimum absolute atomic E-state index is 0.208. The number of halogens is 6. The number of hydrogen-bond donors (Lipinski definition) is 0. The summed E-state index contributed by atoms with van der Waals surface area (Å²) in [5.74, 6) is -4.71. The SMILES string of the molecule is CCC1CCC(c2ccc(COc3cc(F)c(C(C)C(F)(F)F)c(F)c3)c(F)c2)CC1. The summed E-state index contributed by atoms with van der Waals surface area (Å²) in [6.45, 7) is 2.58. The molecule has 1 aliphatic carbocycles. The molecule has 7 heteroatoms. The van der Waals surface area contributed by atoms with Gasteiger partial charge in [-0.05, 0) is 56.1 Å². The van der Waals surface area contributed by atoms with Crippen LogP contribution in [0, 0.1) is 23.4 Å². The molecule has 0 aliphatic heterocycles. The number of rotatable bonds is 6. The van der Waals surface area contributed by atoms with E-state index in [0.29, 0.717) is 25.0 Å². The van der Waals surface area contributed by atoms with Crippen molar-refractivity contribution in [3.63, 3.8) is 0 Å². The Morgan fingerprint density at radius 2 is 1.55 bits per heavy atom. The van der Waals surface area contributed by atoms with Crippen LogP contribution in [0.2, 0.25) is 0 Å². The van der Waals surface area contributed by atoms with Crippen molar-refractivity contribution in [2.45, 2.75) is 70.6 Å². The van der Waals surface area contributed by atoms with Crippen molar-refractivity contribution in [3.8, 4) is 5.75 Å². The highest BCUT2D eigenvalue weighted by Crippen LogP contribution is 2.39. The molecule has 0 N–H and O–H groups in total. The Hall–Kier alpha value is -2.18. The van der Waals surface area contributed by atoms with Crippen molar-refractivity contribution < 1.29 is 31.1 Å². The maximum absolute atomic E-state index is 14.6. The van der Waals surface area contributed by atoms with Crippen LogP contribution in [-0.2, 0) is 6.61 Å². The van der Waals surface area contributed by atoms with Crippen molar-refractivity contribution in [1.29, 1.82) is 0 Å². The van der Waals surface area contributed by atoms with Crippen LogP contribution in [0.25, 0.3) is 0 Å². The normalized spacial score (nSPS) is 20.5. The third-order valence-electron chi connectivity index (χ3n) is 6.34. The highest BCUT2D eigenvalue weighted by molar-refractivity contribution is 5.34. The van der Waals surface area contributed by atoms with Gasteiger partial charge in [-0.2, -0.15) is 13.2 Å². The largest absolute Gasteiger partial charge is 0.489 e. The number of alkyl halides is 3. The smallest absolute Gasteiger partial charge is 0.395 e. The Balaban J connectivity index is 1.67. The summed E-state index contributed by atoms with van der Waals surface area (Å²) in [6, 6.07) is 6.29. The lowest BCUT2D eigenvalue weighted by atomic mass is 9.78. The molecule has 0 saturated heterocycles. The first-order chi connectivity index (χ1) is 14.6. The molecule has 3 rings (SSSR count). The van der Waals surface area contributed by atoms with E-state index in [1.807, 2.05) is 6.07 Å². The molecule has 0 bridgehead atoms. The van der Waals surface area contributed by atoms with Crippen LogP contribution in [-0.4, -0.2) is 6.18 Å². The van der Waals surface area contributed by atoms with Crippen molar-refractivity contribution in [1.82, 2.24) is 0 Å². The molecule has 0 radical (unpaired) electrons. The van der Waals surface area contributed by atoms with E-state index in [1.54, 1.807) is 6.07 Å². The standard InChI is InChI=1S/C24H26F6O/c1-3-15-4-6-16(7-5-15)17-8-9-18(20(25)10-17)13-31-19-11-21(26)23(22(27)12-19)14(2)24(28,29)30/h8-12,14-16H,3-7,13H2,1-2H3. The molecule has 170 valence electrons. The van der Waals surface area contributed by atoms with E-state index in [1.165, 1.54) is 6.07 Å². The highest BCUT2D eigenvalue weighted by Gasteiger charge is 2.40. The third kappa shape index (κ3) is 5.55. The first kappa shape index (κ1) is 23.5. The van der Waals surface area contributed by atoms with Crippen molar-refractivity contribution in [2.24, 2.45) is 5.92 Å². The molecule has 1 fully saturated rings. The fourth-order valence-electron chi connectivity index (χ4n) is 4.22. The predicted molar refractivity (Wildman–Crippen MR) is 107 cm³/mol. The predicted octanol–water partition coefficient (Wildman–Crippen LogP) is 8.03. The quantitative estimate of drug-likeness (QED) is 0.410. The van der Waals surface area contributed by atoms with E-state index >= 15 is 0 Å². The van der Waals surface area contributed by atoms with Gasteiger partial charge in [0.25, 0.3) is 0 Å². The maximum Gasteiger partial charge on any atom is 0.395 e. The zero-order valence-electron chi connectivity index (χ0n) is 17.5. The second kappa shape index (κ2) is 9.53. The summed E-state index contributed by atoms with van der Waals surface area (Å²) < 4.78 is 86.5. The van der Waals surface area contributed by atoms with E-state index in [4.69, 9.17) is 4.74 Å². The second-order valence-corrected chi connectivity index (χ2v) is 8.33. The van der Waals surface area contributed by atoms with Gasteiger partial charge in [-0.25, -0.2) is 13.2 Å². The van der Waals surface area contributed by atoms with Crippen LogP contribution in [0.4, 0.5) is 26.3 Å². The van der Waals surface area contributed by atoms with Crippen molar-refractivity contribution in [3.05, 3.63) is 64.5 Å². The average molecular weight is 444 g/mol. The molecule has 2 aromatic rings. The third-order valence-corrected chi connectivity index (χ3v) is 6.34. The molecule has 1 saturated carbocycles. The fourth-order valence-corrected chi connectivity index (χ4v) is 4.22. The summed E-state index contributed by atoms with van der Waals surface area (Å²) in [6.07, 6.45) is 0.699. The van der Waals surface area contributed by atoms with Gasteiger partial charge in [0.1, 0.15) is 29.8 Å². The number of benzene rings is 2. The molecule has 1 nitrogen and oxygen atoms in total. The highest BCUT2D eigenvalue weighted by atomic mass is 19.4. The topological polar surface area (TPSA) is 9.23 Å². The van der Waals surface area contributed by atoms with E-state index in [9.17, 15) is 26.3 Å². The van der Waals surface area contributed by atoms with Gasteiger partial charge in [0.15, 0.2) is 0 Å². The van der Waals surface area contributed by atoms with E-state index < -0.39 is 35.1 Å². The molecule has 31 heavy (non-hydrogen) atoms. The Morgan fingerprint density at radius 3 is 2.06 bits per heavy atom. The number of hydrogen-bond acceptors (Lipinski definition) is 1.